The molecule has 3 N–H and O–H groups in total. The zero-order valence-electron chi connectivity index (χ0n) is 28.7. The van der Waals surface area contributed by atoms with E-state index in [1.807, 2.05) is 42.7 Å². The Labute approximate surface area is 296 Å². The molecule has 5 heterocycles. The van der Waals surface area contributed by atoms with Crippen LogP contribution in [0.1, 0.15) is 48.3 Å². The molecule has 8 rings (SSSR count). The minimum atomic E-state index is -0.273. The summed E-state index contributed by atoms with van der Waals surface area (Å²) in [6, 6.07) is 22.5. The van der Waals surface area contributed by atoms with Gasteiger partial charge >= 0.3 is 0 Å². The normalized spacial score (nSPS) is 18.0. The number of amides is 2. The summed E-state index contributed by atoms with van der Waals surface area (Å²) in [4.78, 5) is 40.1. The van der Waals surface area contributed by atoms with Crippen molar-refractivity contribution in [1.29, 1.82) is 0 Å². The standard InChI is InChI=1S/C40H41N7O4/c1-25-34(22-42-39-37(25)41-16-19-50-39)29-4-5-30-21-43-40(45-35(30)20-29)44-31-8-2-26(3-9-31)23-47-17-14-27(15-18-47)24-51-32-10-6-28(7-11-32)33-12-13-36(48)46-38(33)49/h2-11,20-22,27,33,41H,12-19,23-24H2,1H3,(H,43,44,45)(H,46,48,49). The molecule has 0 bridgehead atoms. The van der Waals surface area contributed by atoms with E-state index in [0.29, 0.717) is 43.8 Å². The summed E-state index contributed by atoms with van der Waals surface area (Å²) < 4.78 is 11.8. The van der Waals surface area contributed by atoms with E-state index in [1.54, 1.807) is 0 Å². The summed E-state index contributed by atoms with van der Waals surface area (Å²) >= 11 is 0. The number of hydrogen-bond donors (Lipinski definition) is 3. The second-order valence-corrected chi connectivity index (χ2v) is 13.6. The summed E-state index contributed by atoms with van der Waals surface area (Å²) in [5.74, 6) is 1.85. The Hall–Kier alpha value is -5.55. The number of pyridine rings is 1. The highest BCUT2D eigenvalue weighted by Gasteiger charge is 2.28. The third kappa shape index (κ3) is 7.34. The first kappa shape index (κ1) is 32.6. The van der Waals surface area contributed by atoms with E-state index in [-0.39, 0.29) is 17.7 Å². The number of rotatable bonds is 9. The number of ether oxygens (including phenoxy) is 2. The van der Waals surface area contributed by atoms with Gasteiger partial charge in [-0.1, -0.05) is 36.4 Å². The number of carbonyl (C=O) groups excluding carboxylic acids is 2. The molecular weight excluding hydrogens is 642 g/mol. The highest BCUT2D eigenvalue weighted by atomic mass is 16.5. The average molecular weight is 684 g/mol. The van der Waals surface area contributed by atoms with E-state index in [9.17, 15) is 9.59 Å². The van der Waals surface area contributed by atoms with Crippen LogP contribution in [0.15, 0.2) is 79.1 Å². The van der Waals surface area contributed by atoms with Crippen LogP contribution < -0.4 is 25.4 Å². The fourth-order valence-electron chi connectivity index (χ4n) is 7.18. The van der Waals surface area contributed by atoms with Crippen molar-refractivity contribution in [2.75, 3.05) is 43.5 Å². The lowest BCUT2D eigenvalue weighted by molar-refractivity contribution is -0.134. The minimum absolute atomic E-state index is 0.194. The topological polar surface area (TPSA) is 131 Å². The SMILES string of the molecule is Cc1c(-c2ccc3cnc(Nc4ccc(CN5CCC(COc6ccc(C7CCC(=O)NC7=O)cc6)CC5)cc4)nc3c2)cnc2c1NCCO2. The number of fused-ring (bicyclic) bond motifs is 2. The van der Waals surface area contributed by atoms with Crippen LogP contribution in [0.2, 0.25) is 0 Å². The van der Waals surface area contributed by atoms with Crippen molar-refractivity contribution in [2.45, 2.75) is 45.1 Å². The number of hydrogen-bond acceptors (Lipinski definition) is 10. The highest BCUT2D eigenvalue weighted by Crippen LogP contribution is 2.36. The molecule has 2 aromatic heterocycles. The lowest BCUT2D eigenvalue weighted by atomic mass is 9.90. The van der Waals surface area contributed by atoms with Crippen LogP contribution in [-0.4, -0.2) is 64.5 Å². The number of imide groups is 1. The molecule has 2 amide bonds. The van der Waals surface area contributed by atoms with Gasteiger partial charge in [-0.25, -0.2) is 15.0 Å². The zero-order chi connectivity index (χ0) is 34.7. The number of piperidine rings is 2. The van der Waals surface area contributed by atoms with Gasteiger partial charge in [0.1, 0.15) is 18.0 Å². The molecule has 1 atom stereocenters. The van der Waals surface area contributed by atoms with Crippen LogP contribution in [0.4, 0.5) is 17.3 Å². The largest absolute Gasteiger partial charge is 0.493 e. The monoisotopic (exact) mass is 683 g/mol. The maximum Gasteiger partial charge on any atom is 0.237 e. The van der Waals surface area contributed by atoms with E-state index < -0.39 is 0 Å². The van der Waals surface area contributed by atoms with E-state index >= 15 is 0 Å². The van der Waals surface area contributed by atoms with Crippen molar-refractivity contribution in [3.63, 3.8) is 0 Å². The van der Waals surface area contributed by atoms with Crippen molar-refractivity contribution in [3.8, 4) is 22.8 Å². The van der Waals surface area contributed by atoms with Crippen LogP contribution in [0, 0.1) is 12.8 Å². The highest BCUT2D eigenvalue weighted by molar-refractivity contribution is 6.01. The number of nitrogens with zero attached hydrogens (tertiary/aromatic N) is 4. The molecule has 2 fully saturated rings. The molecule has 1 unspecified atom stereocenters. The van der Waals surface area contributed by atoms with Crippen LogP contribution >= 0.6 is 0 Å². The van der Waals surface area contributed by atoms with Gasteiger partial charge in [-0.15, -0.1) is 0 Å². The van der Waals surface area contributed by atoms with Gasteiger partial charge in [0.25, 0.3) is 0 Å². The molecule has 51 heavy (non-hydrogen) atoms. The van der Waals surface area contributed by atoms with Crippen molar-refractivity contribution in [2.24, 2.45) is 5.92 Å². The van der Waals surface area contributed by atoms with Crippen molar-refractivity contribution in [1.82, 2.24) is 25.2 Å². The Bertz CT molecular complexity index is 2060. The van der Waals surface area contributed by atoms with Crippen LogP contribution in [0.25, 0.3) is 22.0 Å². The molecule has 0 spiro atoms. The number of carbonyl (C=O) groups is 2. The van der Waals surface area contributed by atoms with Gasteiger partial charge in [-0.3, -0.25) is 19.8 Å². The predicted molar refractivity (Wildman–Crippen MR) is 196 cm³/mol. The lowest BCUT2D eigenvalue weighted by Crippen LogP contribution is -2.39. The van der Waals surface area contributed by atoms with Crippen LogP contribution in [0.3, 0.4) is 0 Å². The van der Waals surface area contributed by atoms with Gasteiger partial charge in [0, 0.05) is 48.5 Å². The Morgan fingerprint density at radius 1 is 0.961 bits per heavy atom. The number of likely N-dealkylation sites (tertiary alicyclic amines) is 1. The Morgan fingerprint density at radius 2 is 1.78 bits per heavy atom. The summed E-state index contributed by atoms with van der Waals surface area (Å²) in [6.07, 6.45) is 6.83. The van der Waals surface area contributed by atoms with E-state index in [0.717, 1.165) is 89.3 Å². The van der Waals surface area contributed by atoms with Crippen molar-refractivity contribution in [3.05, 3.63) is 95.8 Å². The predicted octanol–water partition coefficient (Wildman–Crippen LogP) is 6.36. The summed E-state index contributed by atoms with van der Waals surface area (Å²) in [5, 5.41) is 10.2. The van der Waals surface area contributed by atoms with Gasteiger partial charge in [0.05, 0.1) is 18.0 Å². The molecule has 2 saturated heterocycles. The summed E-state index contributed by atoms with van der Waals surface area (Å²) in [7, 11) is 0. The Morgan fingerprint density at radius 3 is 2.59 bits per heavy atom. The van der Waals surface area contributed by atoms with E-state index in [1.165, 1.54) is 5.56 Å². The molecule has 11 nitrogen and oxygen atoms in total. The van der Waals surface area contributed by atoms with Gasteiger partial charge in [-0.2, -0.15) is 0 Å². The fourth-order valence-corrected chi connectivity index (χ4v) is 7.18. The summed E-state index contributed by atoms with van der Waals surface area (Å²) in [6.45, 7) is 7.13. The molecule has 3 aliphatic rings. The third-order valence-electron chi connectivity index (χ3n) is 10.2. The molecule has 0 radical (unpaired) electrons. The van der Waals surface area contributed by atoms with Crippen LogP contribution in [0.5, 0.6) is 11.6 Å². The third-order valence-corrected chi connectivity index (χ3v) is 10.2. The molecule has 3 aromatic carbocycles. The van der Waals surface area contributed by atoms with Crippen molar-refractivity contribution < 1.29 is 19.1 Å². The lowest BCUT2D eigenvalue weighted by Gasteiger charge is -2.32. The van der Waals surface area contributed by atoms with Crippen LogP contribution in [-0.2, 0) is 16.1 Å². The second kappa shape index (κ2) is 14.4. The van der Waals surface area contributed by atoms with Gasteiger partial charge < -0.3 is 20.1 Å². The molecule has 11 heteroatoms. The first-order valence-corrected chi connectivity index (χ1v) is 17.7. The fraction of sp³-hybridized carbons (Fsp3) is 0.325. The van der Waals surface area contributed by atoms with E-state index in [4.69, 9.17) is 14.5 Å². The maximum atomic E-state index is 12.2. The molecule has 5 aromatic rings. The first-order chi connectivity index (χ1) is 24.9. The zero-order valence-corrected chi connectivity index (χ0v) is 28.7. The van der Waals surface area contributed by atoms with E-state index in [2.05, 4.69) is 74.1 Å². The number of aromatic nitrogens is 3. The van der Waals surface area contributed by atoms with Gasteiger partial charge in [-0.05, 0) is 97.8 Å². The molecular formula is C40H41N7O4. The molecule has 260 valence electrons. The summed E-state index contributed by atoms with van der Waals surface area (Å²) in [5.41, 5.74) is 8.15. The number of benzene rings is 3. The quantitative estimate of drug-likeness (QED) is 0.151. The second-order valence-electron chi connectivity index (χ2n) is 13.6. The minimum Gasteiger partial charge on any atom is -0.493 e. The van der Waals surface area contributed by atoms with Gasteiger partial charge in [0.2, 0.25) is 23.6 Å². The molecule has 0 aliphatic carbocycles. The maximum absolute atomic E-state index is 12.2. The number of anilines is 3. The molecule has 3 aliphatic heterocycles. The molecule has 0 saturated carbocycles. The number of nitrogens with one attached hydrogen (secondary N) is 3. The Balaban J connectivity index is 0.821. The smallest absolute Gasteiger partial charge is 0.237 e. The van der Waals surface area contributed by atoms with Crippen molar-refractivity contribution >= 4 is 40.0 Å². The Kier molecular flexibility index (Phi) is 9.19. The average Bonchev–Trinajstić information content (AvgIpc) is 3.16. The van der Waals surface area contributed by atoms with Gasteiger partial charge in [0.15, 0.2) is 0 Å². The first-order valence-electron chi connectivity index (χ1n) is 17.7.